The smallest absolute Gasteiger partial charge is 0.403 e. The van der Waals surface area contributed by atoms with E-state index in [1.165, 1.54) is 18.2 Å². The zero-order valence-corrected chi connectivity index (χ0v) is 11.2. The number of phosphoric ester groups is 1. The van der Waals surface area contributed by atoms with Crippen LogP contribution in [0.15, 0.2) is 54.6 Å². The van der Waals surface area contributed by atoms with Crippen LogP contribution in [0.1, 0.15) is 10.4 Å². The molecule has 0 aliphatic rings. The van der Waals surface area contributed by atoms with Gasteiger partial charge in [0.2, 0.25) is 0 Å². The average Bonchev–Trinajstić information content (AvgIpc) is 2.38. The SMILES string of the molecule is O=C(Nc1ccccc1)c1ccccc1OP(=O)(O)O. The predicted molar refractivity (Wildman–Crippen MR) is 73.5 cm³/mol. The number of carbonyl (C=O) groups excluding carboxylic acids is 1. The third-order valence-electron chi connectivity index (χ3n) is 2.38. The van der Waals surface area contributed by atoms with Gasteiger partial charge in [0.05, 0.1) is 5.56 Å². The number of phosphoric acid groups is 1. The van der Waals surface area contributed by atoms with Crippen LogP contribution in [-0.2, 0) is 4.57 Å². The molecule has 2 rings (SSSR count). The molecule has 0 aliphatic heterocycles. The van der Waals surface area contributed by atoms with Crippen molar-refractivity contribution >= 4 is 19.4 Å². The van der Waals surface area contributed by atoms with E-state index in [1.807, 2.05) is 0 Å². The van der Waals surface area contributed by atoms with Gasteiger partial charge >= 0.3 is 7.82 Å². The van der Waals surface area contributed by atoms with Crippen molar-refractivity contribution < 1.29 is 23.7 Å². The molecule has 6 nitrogen and oxygen atoms in total. The molecule has 0 atom stereocenters. The molecule has 1 amide bonds. The molecule has 0 spiro atoms. The van der Waals surface area contributed by atoms with Gasteiger partial charge in [0.1, 0.15) is 5.75 Å². The molecule has 2 aromatic rings. The number of amides is 1. The lowest BCUT2D eigenvalue weighted by Crippen LogP contribution is -2.13. The molecule has 7 heteroatoms. The lowest BCUT2D eigenvalue weighted by atomic mass is 10.2. The van der Waals surface area contributed by atoms with E-state index in [0.717, 1.165) is 0 Å². The minimum atomic E-state index is -4.72. The van der Waals surface area contributed by atoms with Gasteiger partial charge in [-0.1, -0.05) is 30.3 Å². The number of anilines is 1. The van der Waals surface area contributed by atoms with Gasteiger partial charge in [-0.2, -0.15) is 0 Å². The summed E-state index contributed by atoms with van der Waals surface area (Å²) < 4.78 is 15.4. The molecule has 0 fully saturated rings. The molecule has 0 saturated carbocycles. The fourth-order valence-electron chi connectivity index (χ4n) is 1.58. The van der Waals surface area contributed by atoms with E-state index in [-0.39, 0.29) is 11.3 Å². The largest absolute Gasteiger partial charge is 0.524 e. The number of carbonyl (C=O) groups is 1. The van der Waals surface area contributed by atoms with Crippen molar-refractivity contribution in [2.24, 2.45) is 0 Å². The van der Waals surface area contributed by atoms with Gasteiger partial charge in [-0.05, 0) is 24.3 Å². The van der Waals surface area contributed by atoms with E-state index in [1.54, 1.807) is 36.4 Å². The highest BCUT2D eigenvalue weighted by atomic mass is 31.2. The topological polar surface area (TPSA) is 95.9 Å². The first-order valence-corrected chi connectivity index (χ1v) is 7.19. The summed E-state index contributed by atoms with van der Waals surface area (Å²) >= 11 is 0. The van der Waals surface area contributed by atoms with Crippen molar-refractivity contribution in [3.05, 3.63) is 60.2 Å². The van der Waals surface area contributed by atoms with Crippen molar-refractivity contribution in [2.45, 2.75) is 0 Å². The van der Waals surface area contributed by atoms with Gasteiger partial charge in [-0.15, -0.1) is 0 Å². The molecule has 0 unspecified atom stereocenters. The zero-order valence-electron chi connectivity index (χ0n) is 10.3. The van der Waals surface area contributed by atoms with E-state index in [2.05, 4.69) is 9.84 Å². The standard InChI is InChI=1S/C13H12NO5P/c15-13(14-10-6-2-1-3-7-10)11-8-4-5-9-12(11)19-20(16,17)18/h1-9H,(H,14,15)(H2,16,17,18). The summed E-state index contributed by atoms with van der Waals surface area (Å²) in [5.74, 6) is -0.686. The summed E-state index contributed by atoms with van der Waals surface area (Å²) in [6.45, 7) is 0. The second-order valence-corrected chi connectivity index (χ2v) is 5.06. The Hall–Kier alpha value is -2.14. The van der Waals surface area contributed by atoms with Gasteiger partial charge in [-0.3, -0.25) is 14.6 Å². The highest BCUT2D eigenvalue weighted by Crippen LogP contribution is 2.39. The summed E-state index contributed by atoms with van der Waals surface area (Å²) in [7, 11) is -4.72. The van der Waals surface area contributed by atoms with Crippen LogP contribution in [0.25, 0.3) is 0 Å². The molecule has 0 heterocycles. The Morgan fingerprint density at radius 1 is 1.00 bits per heavy atom. The summed E-state index contributed by atoms with van der Waals surface area (Å²) in [6.07, 6.45) is 0. The molecule has 3 N–H and O–H groups in total. The second kappa shape index (κ2) is 5.88. The number of hydrogen-bond donors (Lipinski definition) is 3. The number of nitrogens with one attached hydrogen (secondary N) is 1. The van der Waals surface area contributed by atoms with Crippen LogP contribution >= 0.6 is 7.82 Å². The first-order chi connectivity index (χ1) is 9.46. The van der Waals surface area contributed by atoms with Crippen molar-refractivity contribution in [2.75, 3.05) is 5.32 Å². The van der Waals surface area contributed by atoms with Gasteiger partial charge in [0.15, 0.2) is 0 Å². The highest BCUT2D eigenvalue weighted by Gasteiger charge is 2.20. The minimum Gasteiger partial charge on any atom is -0.403 e. The Morgan fingerprint density at radius 2 is 1.60 bits per heavy atom. The summed E-state index contributed by atoms with van der Waals surface area (Å²) in [5.41, 5.74) is 0.614. The van der Waals surface area contributed by atoms with Crippen molar-refractivity contribution in [1.82, 2.24) is 0 Å². The number of rotatable bonds is 4. The number of para-hydroxylation sites is 2. The minimum absolute atomic E-state index is 0.0414. The lowest BCUT2D eigenvalue weighted by molar-refractivity contribution is 0.102. The maximum atomic E-state index is 12.1. The molecule has 104 valence electrons. The molecule has 20 heavy (non-hydrogen) atoms. The first-order valence-electron chi connectivity index (χ1n) is 5.66. The normalized spacial score (nSPS) is 10.9. The highest BCUT2D eigenvalue weighted by molar-refractivity contribution is 7.46. The molecule has 0 saturated heterocycles. The monoisotopic (exact) mass is 293 g/mol. The second-order valence-electron chi connectivity index (χ2n) is 3.90. The Bertz CT molecular complexity index is 653. The van der Waals surface area contributed by atoms with Crippen molar-refractivity contribution in [3.63, 3.8) is 0 Å². The maximum Gasteiger partial charge on any atom is 0.524 e. The van der Waals surface area contributed by atoms with E-state index < -0.39 is 13.7 Å². The van der Waals surface area contributed by atoms with Crippen LogP contribution in [-0.4, -0.2) is 15.7 Å². The summed E-state index contributed by atoms with van der Waals surface area (Å²) in [6, 6.07) is 14.6. The molecular weight excluding hydrogens is 281 g/mol. The van der Waals surface area contributed by atoms with Crippen LogP contribution in [0.3, 0.4) is 0 Å². The van der Waals surface area contributed by atoms with E-state index in [4.69, 9.17) is 9.79 Å². The van der Waals surface area contributed by atoms with E-state index >= 15 is 0 Å². The van der Waals surface area contributed by atoms with Gasteiger partial charge in [0.25, 0.3) is 5.91 Å². The molecule has 0 radical (unpaired) electrons. The maximum absolute atomic E-state index is 12.1. The summed E-state index contributed by atoms with van der Waals surface area (Å²) in [5, 5.41) is 2.61. The van der Waals surface area contributed by atoms with Crippen LogP contribution in [0.5, 0.6) is 5.75 Å². The quantitative estimate of drug-likeness (QED) is 0.752. The van der Waals surface area contributed by atoms with Crippen LogP contribution in [0, 0.1) is 0 Å². The average molecular weight is 293 g/mol. The van der Waals surface area contributed by atoms with Crippen LogP contribution < -0.4 is 9.84 Å². The predicted octanol–water partition coefficient (Wildman–Crippen LogP) is 2.41. The molecule has 2 aromatic carbocycles. The van der Waals surface area contributed by atoms with E-state index in [0.29, 0.717) is 5.69 Å². The van der Waals surface area contributed by atoms with Crippen LogP contribution in [0.2, 0.25) is 0 Å². The van der Waals surface area contributed by atoms with Crippen molar-refractivity contribution in [3.8, 4) is 5.75 Å². The molecule has 0 bridgehead atoms. The first kappa shape index (κ1) is 14.3. The molecule has 0 aliphatic carbocycles. The van der Waals surface area contributed by atoms with Gasteiger partial charge in [0, 0.05) is 5.69 Å². The van der Waals surface area contributed by atoms with E-state index in [9.17, 15) is 9.36 Å². The fraction of sp³-hybridized carbons (Fsp3) is 0. The third-order valence-corrected chi connectivity index (χ3v) is 2.82. The Balaban J connectivity index is 2.24. The fourth-order valence-corrected chi connectivity index (χ4v) is 2.00. The van der Waals surface area contributed by atoms with Crippen molar-refractivity contribution in [1.29, 1.82) is 0 Å². The van der Waals surface area contributed by atoms with Crippen LogP contribution in [0.4, 0.5) is 5.69 Å². The molecular formula is C13H12NO5P. The number of benzene rings is 2. The molecule has 0 aromatic heterocycles. The number of hydrogen-bond acceptors (Lipinski definition) is 3. The summed E-state index contributed by atoms with van der Waals surface area (Å²) in [4.78, 5) is 29.7. The Morgan fingerprint density at radius 3 is 2.25 bits per heavy atom. The Labute approximate surface area is 115 Å². The van der Waals surface area contributed by atoms with Gasteiger partial charge < -0.3 is 9.84 Å². The van der Waals surface area contributed by atoms with Gasteiger partial charge in [-0.25, -0.2) is 4.57 Å². The zero-order chi connectivity index (χ0) is 14.6. The third kappa shape index (κ3) is 3.93. The Kier molecular flexibility index (Phi) is 4.20. The lowest BCUT2D eigenvalue weighted by Gasteiger charge is -2.11.